The molecule has 0 radical (unpaired) electrons. The van der Waals surface area contributed by atoms with E-state index in [0.717, 1.165) is 31.4 Å². The predicted molar refractivity (Wildman–Crippen MR) is 102 cm³/mol. The fourth-order valence-electron chi connectivity index (χ4n) is 3.12. The van der Waals surface area contributed by atoms with Gasteiger partial charge >= 0.3 is 0 Å². The summed E-state index contributed by atoms with van der Waals surface area (Å²) in [6.45, 7) is 0. The maximum atomic E-state index is 9.64. The number of anilines is 3. The van der Waals surface area contributed by atoms with E-state index in [-0.39, 0.29) is 12.1 Å². The first kappa shape index (κ1) is 16.9. The molecule has 26 heavy (non-hydrogen) atoms. The number of hydrogen-bond acceptors (Lipinski definition) is 7. The summed E-state index contributed by atoms with van der Waals surface area (Å²) in [5, 5.41) is 16.9. The molecular formula is C18H19ClN6O. The minimum Gasteiger partial charge on any atom is -0.393 e. The molecule has 4 rings (SSSR count). The number of aromatic nitrogens is 4. The molecule has 1 aliphatic carbocycles. The lowest BCUT2D eigenvalue weighted by Gasteiger charge is -2.26. The zero-order valence-corrected chi connectivity index (χ0v) is 14.8. The summed E-state index contributed by atoms with van der Waals surface area (Å²) in [5.74, 6) is 1.14. The van der Waals surface area contributed by atoms with Crippen molar-refractivity contribution in [1.29, 1.82) is 0 Å². The van der Waals surface area contributed by atoms with Crippen molar-refractivity contribution < 1.29 is 5.11 Å². The Hall–Kier alpha value is -2.51. The Morgan fingerprint density at radius 3 is 2.73 bits per heavy atom. The Morgan fingerprint density at radius 1 is 1.08 bits per heavy atom. The van der Waals surface area contributed by atoms with Gasteiger partial charge in [0.25, 0.3) is 0 Å². The monoisotopic (exact) mass is 370 g/mol. The van der Waals surface area contributed by atoms with E-state index in [1.807, 2.05) is 24.3 Å². The second-order valence-corrected chi connectivity index (χ2v) is 6.87. The maximum Gasteiger partial charge on any atom is 0.223 e. The molecule has 7 nitrogen and oxygen atoms in total. The largest absolute Gasteiger partial charge is 0.393 e. The number of halogens is 1. The van der Waals surface area contributed by atoms with E-state index in [4.69, 9.17) is 11.6 Å². The quantitative estimate of drug-likeness (QED) is 0.646. The van der Waals surface area contributed by atoms with Gasteiger partial charge in [-0.1, -0.05) is 17.7 Å². The molecule has 2 heterocycles. The van der Waals surface area contributed by atoms with Crippen LogP contribution in [0, 0.1) is 0 Å². The fourth-order valence-corrected chi connectivity index (χ4v) is 3.31. The van der Waals surface area contributed by atoms with Gasteiger partial charge in [0.1, 0.15) is 17.4 Å². The number of aliphatic hydroxyl groups is 1. The van der Waals surface area contributed by atoms with Gasteiger partial charge in [-0.2, -0.15) is 0 Å². The molecule has 0 bridgehead atoms. The summed E-state index contributed by atoms with van der Waals surface area (Å²) in [4.78, 5) is 17.5. The summed E-state index contributed by atoms with van der Waals surface area (Å²) in [5.41, 5.74) is 2.13. The lowest BCUT2D eigenvalue weighted by Crippen LogP contribution is -2.28. The normalized spacial score (nSPS) is 20.1. The molecule has 2 aromatic heterocycles. The van der Waals surface area contributed by atoms with Gasteiger partial charge in [-0.05, 0) is 43.9 Å². The summed E-state index contributed by atoms with van der Waals surface area (Å²) in [6.07, 6.45) is 6.39. The SMILES string of the molecule is O[C@H]1CC[C@H](Nc2ncc3ncnc(Nc4cccc(Cl)c4)c3n2)CC1. The first-order valence-corrected chi connectivity index (χ1v) is 9.00. The molecule has 0 amide bonds. The molecule has 8 heteroatoms. The Morgan fingerprint density at radius 2 is 1.92 bits per heavy atom. The van der Waals surface area contributed by atoms with E-state index in [2.05, 4.69) is 30.6 Å². The Kier molecular flexibility index (Phi) is 4.81. The highest BCUT2D eigenvalue weighted by Crippen LogP contribution is 2.25. The van der Waals surface area contributed by atoms with E-state index >= 15 is 0 Å². The van der Waals surface area contributed by atoms with Crippen molar-refractivity contribution in [2.75, 3.05) is 10.6 Å². The average Bonchev–Trinajstić information content (AvgIpc) is 2.64. The van der Waals surface area contributed by atoms with Gasteiger partial charge in [0.15, 0.2) is 5.82 Å². The molecular weight excluding hydrogens is 352 g/mol. The van der Waals surface area contributed by atoms with Crippen molar-refractivity contribution in [2.45, 2.75) is 37.8 Å². The zero-order valence-electron chi connectivity index (χ0n) is 14.1. The smallest absolute Gasteiger partial charge is 0.223 e. The molecule has 0 unspecified atom stereocenters. The highest BCUT2D eigenvalue weighted by Gasteiger charge is 2.20. The van der Waals surface area contributed by atoms with E-state index < -0.39 is 0 Å². The topological polar surface area (TPSA) is 95.9 Å². The van der Waals surface area contributed by atoms with E-state index in [1.54, 1.807) is 6.20 Å². The van der Waals surface area contributed by atoms with Crippen LogP contribution in [0.4, 0.5) is 17.5 Å². The third-order valence-corrected chi connectivity index (χ3v) is 4.73. The number of fused-ring (bicyclic) bond motifs is 1. The lowest BCUT2D eigenvalue weighted by atomic mass is 9.93. The summed E-state index contributed by atoms with van der Waals surface area (Å²) >= 11 is 6.05. The number of hydrogen-bond donors (Lipinski definition) is 3. The van der Waals surface area contributed by atoms with Crippen LogP contribution in [0.1, 0.15) is 25.7 Å². The van der Waals surface area contributed by atoms with Crippen molar-refractivity contribution in [3.05, 3.63) is 41.8 Å². The van der Waals surface area contributed by atoms with Crippen molar-refractivity contribution in [3.8, 4) is 0 Å². The molecule has 0 atom stereocenters. The first-order chi connectivity index (χ1) is 12.7. The van der Waals surface area contributed by atoms with Crippen LogP contribution in [0.2, 0.25) is 5.02 Å². The average molecular weight is 371 g/mol. The van der Waals surface area contributed by atoms with E-state index in [1.165, 1.54) is 6.33 Å². The molecule has 134 valence electrons. The first-order valence-electron chi connectivity index (χ1n) is 8.62. The van der Waals surface area contributed by atoms with Crippen LogP contribution < -0.4 is 10.6 Å². The third-order valence-electron chi connectivity index (χ3n) is 4.49. The number of nitrogens with one attached hydrogen (secondary N) is 2. The fraction of sp³-hybridized carbons (Fsp3) is 0.333. The Bertz CT molecular complexity index is 913. The van der Waals surface area contributed by atoms with Gasteiger partial charge in [-0.15, -0.1) is 0 Å². The lowest BCUT2D eigenvalue weighted by molar-refractivity contribution is 0.126. The van der Waals surface area contributed by atoms with Gasteiger partial charge in [-0.25, -0.2) is 19.9 Å². The molecule has 3 N–H and O–H groups in total. The Labute approximate surface area is 155 Å². The summed E-state index contributed by atoms with van der Waals surface area (Å²) in [6, 6.07) is 7.69. The van der Waals surface area contributed by atoms with Gasteiger partial charge < -0.3 is 15.7 Å². The number of nitrogens with zero attached hydrogens (tertiary/aromatic N) is 4. The molecule has 1 fully saturated rings. The van der Waals surface area contributed by atoms with Crippen molar-refractivity contribution in [1.82, 2.24) is 19.9 Å². The van der Waals surface area contributed by atoms with Crippen LogP contribution >= 0.6 is 11.6 Å². The number of aliphatic hydroxyl groups excluding tert-OH is 1. The highest BCUT2D eigenvalue weighted by molar-refractivity contribution is 6.30. The van der Waals surface area contributed by atoms with Crippen LogP contribution in [0.15, 0.2) is 36.8 Å². The zero-order chi connectivity index (χ0) is 17.9. The van der Waals surface area contributed by atoms with Gasteiger partial charge in [0.2, 0.25) is 5.95 Å². The summed E-state index contributed by atoms with van der Waals surface area (Å²) in [7, 11) is 0. The van der Waals surface area contributed by atoms with Crippen molar-refractivity contribution in [2.24, 2.45) is 0 Å². The molecule has 0 saturated heterocycles. The van der Waals surface area contributed by atoms with Crippen LogP contribution in [-0.4, -0.2) is 37.2 Å². The minimum atomic E-state index is -0.188. The summed E-state index contributed by atoms with van der Waals surface area (Å²) < 4.78 is 0. The van der Waals surface area contributed by atoms with Crippen LogP contribution in [0.25, 0.3) is 11.0 Å². The number of rotatable bonds is 4. The highest BCUT2D eigenvalue weighted by atomic mass is 35.5. The second-order valence-electron chi connectivity index (χ2n) is 6.43. The predicted octanol–water partition coefficient (Wildman–Crippen LogP) is 3.53. The number of benzene rings is 1. The Balaban J connectivity index is 1.60. The maximum absolute atomic E-state index is 9.64. The van der Waals surface area contributed by atoms with Crippen LogP contribution in [0.3, 0.4) is 0 Å². The van der Waals surface area contributed by atoms with Gasteiger partial charge in [0.05, 0.1) is 12.3 Å². The molecule has 1 saturated carbocycles. The van der Waals surface area contributed by atoms with Gasteiger partial charge in [-0.3, -0.25) is 0 Å². The molecule has 0 aliphatic heterocycles. The van der Waals surface area contributed by atoms with E-state index in [0.29, 0.717) is 27.8 Å². The van der Waals surface area contributed by atoms with Crippen LogP contribution in [-0.2, 0) is 0 Å². The molecule has 1 aliphatic rings. The van der Waals surface area contributed by atoms with Gasteiger partial charge in [0, 0.05) is 16.8 Å². The van der Waals surface area contributed by atoms with E-state index in [9.17, 15) is 5.11 Å². The third kappa shape index (κ3) is 3.84. The van der Waals surface area contributed by atoms with Crippen molar-refractivity contribution >= 4 is 40.1 Å². The van der Waals surface area contributed by atoms with Crippen molar-refractivity contribution in [3.63, 3.8) is 0 Å². The molecule has 0 spiro atoms. The van der Waals surface area contributed by atoms with Crippen LogP contribution in [0.5, 0.6) is 0 Å². The minimum absolute atomic E-state index is 0.188. The standard InChI is InChI=1S/C18H19ClN6O/c19-11-2-1-3-13(8-11)23-17-16-15(21-10-22-17)9-20-18(25-16)24-12-4-6-14(26)7-5-12/h1-3,8-10,12,14,26H,4-7H2,(H,20,24,25)(H,21,22,23)/t12-,14-. The molecule has 3 aromatic rings. The second kappa shape index (κ2) is 7.39. The molecule has 1 aromatic carbocycles.